The van der Waals surface area contributed by atoms with Crippen LogP contribution in [0.3, 0.4) is 0 Å². The van der Waals surface area contributed by atoms with Crippen LogP contribution in [0.15, 0.2) is 36.5 Å². The number of hydrogen-bond donors (Lipinski definition) is 0. The molecule has 3 fully saturated rings. The lowest BCUT2D eigenvalue weighted by Crippen LogP contribution is -2.66. The maximum Gasteiger partial charge on any atom is 0.0702 e. The first-order valence-corrected chi connectivity index (χ1v) is 8.40. The van der Waals surface area contributed by atoms with Gasteiger partial charge in [0.25, 0.3) is 0 Å². The summed E-state index contributed by atoms with van der Waals surface area (Å²) >= 11 is 1.89. The van der Waals surface area contributed by atoms with Crippen LogP contribution in [-0.4, -0.2) is 45.6 Å². The molecule has 2 unspecified atom stereocenters. The van der Waals surface area contributed by atoms with Crippen LogP contribution in [0, 0.1) is 0 Å². The molecule has 2 atom stereocenters. The van der Waals surface area contributed by atoms with Crippen LogP contribution in [-0.2, 0) is 6.54 Å². The van der Waals surface area contributed by atoms with Crippen LogP contribution >= 0.6 is 11.9 Å². The third-order valence-corrected chi connectivity index (χ3v) is 5.42. The van der Waals surface area contributed by atoms with Gasteiger partial charge in [0.2, 0.25) is 0 Å². The van der Waals surface area contributed by atoms with Crippen molar-refractivity contribution >= 4 is 22.9 Å². The lowest BCUT2D eigenvalue weighted by molar-refractivity contribution is -0.0469. The highest BCUT2D eigenvalue weighted by molar-refractivity contribution is 7.96. The van der Waals surface area contributed by atoms with Gasteiger partial charge < -0.3 is 0 Å². The molecule has 20 heavy (non-hydrogen) atoms. The fraction of sp³-hybridized carbons (Fsp3) is 0.438. The zero-order valence-electron chi connectivity index (χ0n) is 11.7. The van der Waals surface area contributed by atoms with Crippen LogP contribution in [0.1, 0.15) is 12.0 Å². The Morgan fingerprint density at radius 2 is 2.10 bits per heavy atom. The first kappa shape index (κ1) is 12.6. The van der Waals surface area contributed by atoms with Gasteiger partial charge in [0.05, 0.1) is 5.52 Å². The summed E-state index contributed by atoms with van der Waals surface area (Å²) in [7, 11) is 0. The summed E-state index contributed by atoms with van der Waals surface area (Å²) in [4.78, 5) is 7.06. The van der Waals surface area contributed by atoms with E-state index in [1.807, 2.05) is 24.2 Å². The van der Waals surface area contributed by atoms with Crippen molar-refractivity contribution in [1.29, 1.82) is 0 Å². The fourth-order valence-electron chi connectivity index (χ4n) is 3.49. The molecular weight excluding hydrogens is 266 g/mol. The number of rotatable bonds is 3. The maximum absolute atomic E-state index is 4.39. The molecule has 5 rings (SSSR count). The summed E-state index contributed by atoms with van der Waals surface area (Å²) < 4.78 is 2.50. The molecule has 0 radical (unpaired) electrons. The number of benzene rings is 1. The van der Waals surface area contributed by atoms with Crippen molar-refractivity contribution in [3.05, 3.63) is 42.1 Å². The largest absolute Gasteiger partial charge is 0.290 e. The normalized spacial score (nSPS) is 26.6. The zero-order chi connectivity index (χ0) is 13.5. The SMILES string of the molecule is CSN1CC2CC(C1)N2Cc1ccc2ncccc2c1. The third kappa shape index (κ3) is 2.12. The van der Waals surface area contributed by atoms with E-state index in [1.165, 1.54) is 30.5 Å². The number of pyridine rings is 1. The molecule has 3 nitrogen and oxygen atoms in total. The number of piperidine rings is 1. The lowest BCUT2D eigenvalue weighted by atomic mass is 9.88. The number of fused-ring (bicyclic) bond motifs is 3. The van der Waals surface area contributed by atoms with E-state index < -0.39 is 0 Å². The standard InChI is InChI=1S/C16H19N3S/c1-20-18-10-14-8-15(11-18)19(14)9-12-4-5-16-13(7-12)3-2-6-17-16/h2-7,14-15H,8-11H2,1H3. The van der Waals surface area contributed by atoms with E-state index in [1.54, 1.807) is 0 Å². The van der Waals surface area contributed by atoms with Crippen LogP contribution in [0.25, 0.3) is 10.9 Å². The van der Waals surface area contributed by atoms with Crippen molar-refractivity contribution in [2.75, 3.05) is 19.3 Å². The third-order valence-electron chi connectivity index (χ3n) is 4.60. The Morgan fingerprint density at radius 1 is 1.25 bits per heavy atom. The number of hydrogen-bond acceptors (Lipinski definition) is 4. The second-order valence-corrected chi connectivity index (χ2v) is 6.66. The number of aromatic nitrogens is 1. The van der Waals surface area contributed by atoms with Gasteiger partial charge in [-0.05, 0) is 36.4 Å². The van der Waals surface area contributed by atoms with E-state index in [2.05, 4.69) is 44.7 Å². The second-order valence-electron chi connectivity index (χ2n) is 5.78. The maximum atomic E-state index is 4.39. The van der Waals surface area contributed by atoms with Crippen molar-refractivity contribution in [3.8, 4) is 0 Å². The van der Waals surface area contributed by atoms with Gasteiger partial charge in [-0.1, -0.05) is 24.1 Å². The molecule has 3 saturated heterocycles. The van der Waals surface area contributed by atoms with E-state index in [-0.39, 0.29) is 0 Å². The first-order valence-electron chi connectivity index (χ1n) is 7.22. The van der Waals surface area contributed by atoms with Crippen LogP contribution in [0.4, 0.5) is 0 Å². The van der Waals surface area contributed by atoms with Gasteiger partial charge in [0, 0.05) is 43.3 Å². The van der Waals surface area contributed by atoms with Crippen LogP contribution in [0.2, 0.25) is 0 Å². The minimum atomic E-state index is 0.755. The number of piperazine rings is 1. The smallest absolute Gasteiger partial charge is 0.0702 e. The molecular formula is C16H19N3S. The molecule has 0 amide bonds. The average Bonchev–Trinajstić information content (AvgIpc) is 2.52. The topological polar surface area (TPSA) is 19.4 Å². The van der Waals surface area contributed by atoms with Crippen molar-refractivity contribution in [3.63, 3.8) is 0 Å². The molecule has 0 spiro atoms. The predicted molar refractivity (Wildman–Crippen MR) is 84.6 cm³/mol. The Bertz CT molecular complexity index is 618. The minimum absolute atomic E-state index is 0.755. The molecule has 104 valence electrons. The van der Waals surface area contributed by atoms with E-state index in [4.69, 9.17) is 0 Å². The minimum Gasteiger partial charge on any atom is -0.290 e. The second kappa shape index (κ2) is 5.02. The zero-order valence-corrected chi connectivity index (χ0v) is 12.5. The van der Waals surface area contributed by atoms with E-state index >= 15 is 0 Å². The molecule has 3 aliphatic rings. The highest BCUT2D eigenvalue weighted by atomic mass is 32.2. The Morgan fingerprint density at radius 3 is 2.90 bits per heavy atom. The summed E-state index contributed by atoms with van der Waals surface area (Å²) in [5.74, 6) is 0. The molecule has 0 N–H and O–H groups in total. The molecule has 0 aliphatic carbocycles. The average molecular weight is 285 g/mol. The van der Waals surface area contributed by atoms with E-state index in [9.17, 15) is 0 Å². The Hall–Kier alpha value is -1.10. The van der Waals surface area contributed by atoms with Crippen LogP contribution < -0.4 is 0 Å². The van der Waals surface area contributed by atoms with Gasteiger partial charge in [0.15, 0.2) is 0 Å². The summed E-state index contributed by atoms with van der Waals surface area (Å²) in [5, 5.41) is 1.25. The van der Waals surface area contributed by atoms with Gasteiger partial charge in [-0.25, -0.2) is 4.31 Å². The quantitative estimate of drug-likeness (QED) is 0.807. The highest BCUT2D eigenvalue weighted by Crippen LogP contribution is 2.35. The first-order chi connectivity index (χ1) is 9.83. The summed E-state index contributed by atoms with van der Waals surface area (Å²) in [6, 6.07) is 12.3. The van der Waals surface area contributed by atoms with Crippen LogP contribution in [0.5, 0.6) is 0 Å². The Kier molecular flexibility index (Phi) is 3.17. The van der Waals surface area contributed by atoms with E-state index in [0.717, 1.165) is 24.1 Å². The molecule has 4 heterocycles. The monoisotopic (exact) mass is 285 g/mol. The van der Waals surface area contributed by atoms with Gasteiger partial charge >= 0.3 is 0 Å². The molecule has 0 saturated carbocycles. The molecule has 1 aromatic heterocycles. The van der Waals surface area contributed by atoms with Gasteiger partial charge in [-0.15, -0.1) is 0 Å². The van der Waals surface area contributed by atoms with Gasteiger partial charge in [-0.2, -0.15) is 0 Å². The summed E-state index contributed by atoms with van der Waals surface area (Å²) in [5.41, 5.74) is 2.51. The highest BCUT2D eigenvalue weighted by Gasteiger charge is 2.44. The molecule has 3 aliphatic heterocycles. The lowest BCUT2D eigenvalue weighted by Gasteiger charge is -2.56. The predicted octanol–water partition coefficient (Wildman–Crippen LogP) is 2.77. The molecule has 4 heteroatoms. The Labute approximate surface area is 124 Å². The number of nitrogens with zero attached hydrogens (tertiary/aromatic N) is 3. The molecule has 2 aromatic rings. The van der Waals surface area contributed by atoms with Crippen molar-refractivity contribution < 1.29 is 0 Å². The molecule has 2 bridgehead atoms. The Balaban J connectivity index is 1.51. The molecule has 1 aromatic carbocycles. The fourth-order valence-corrected chi connectivity index (χ4v) is 4.13. The summed E-state index contributed by atoms with van der Waals surface area (Å²) in [6.45, 7) is 3.52. The summed E-state index contributed by atoms with van der Waals surface area (Å²) in [6.07, 6.45) is 5.43. The van der Waals surface area contributed by atoms with Crippen molar-refractivity contribution in [2.24, 2.45) is 0 Å². The van der Waals surface area contributed by atoms with E-state index in [0.29, 0.717) is 0 Å². The van der Waals surface area contributed by atoms with Gasteiger partial charge in [0.1, 0.15) is 0 Å². The van der Waals surface area contributed by atoms with Crippen molar-refractivity contribution in [2.45, 2.75) is 25.0 Å². The van der Waals surface area contributed by atoms with Crippen molar-refractivity contribution in [1.82, 2.24) is 14.2 Å². The van der Waals surface area contributed by atoms with Gasteiger partial charge in [-0.3, -0.25) is 9.88 Å².